The van der Waals surface area contributed by atoms with Gasteiger partial charge in [-0.15, -0.1) is 0 Å². The Hall–Kier alpha value is -3.42. The molecular weight excluding hydrogens is 520 g/mol. The monoisotopic (exact) mass is 548 g/mol. The summed E-state index contributed by atoms with van der Waals surface area (Å²) in [6, 6.07) is 21.9. The SMILES string of the molecule is Cc1cc(/C(O)=C2\C(=O)C(=O)N(CCN(C)C)[C@H]2c2cccc(Br)c2)ccc1OCc1ccccc1. The number of amides is 1. The number of Topliss-reactive ketones (excluding diaryl/α,β-unsaturated/α-hetero) is 1. The van der Waals surface area contributed by atoms with Gasteiger partial charge in [-0.2, -0.15) is 0 Å². The first-order valence-corrected chi connectivity index (χ1v) is 12.5. The lowest BCUT2D eigenvalue weighted by molar-refractivity contribution is -0.140. The van der Waals surface area contributed by atoms with Gasteiger partial charge < -0.3 is 19.6 Å². The summed E-state index contributed by atoms with van der Waals surface area (Å²) in [7, 11) is 3.82. The number of carbonyl (C=O) groups excluding carboxylic acids is 2. The third-order valence-corrected chi connectivity index (χ3v) is 6.67. The molecule has 1 heterocycles. The van der Waals surface area contributed by atoms with Gasteiger partial charge in [0.2, 0.25) is 0 Å². The van der Waals surface area contributed by atoms with Crippen LogP contribution < -0.4 is 4.74 Å². The van der Waals surface area contributed by atoms with E-state index in [1.54, 1.807) is 23.1 Å². The maximum Gasteiger partial charge on any atom is 0.295 e. The van der Waals surface area contributed by atoms with Crippen LogP contribution in [-0.4, -0.2) is 53.8 Å². The lowest BCUT2D eigenvalue weighted by Gasteiger charge is -2.26. The molecule has 0 unspecified atom stereocenters. The Balaban J connectivity index is 1.70. The van der Waals surface area contributed by atoms with Crippen molar-refractivity contribution in [3.63, 3.8) is 0 Å². The fourth-order valence-electron chi connectivity index (χ4n) is 4.29. The molecule has 0 saturated carbocycles. The number of nitrogens with zero attached hydrogens (tertiary/aromatic N) is 2. The molecule has 3 aromatic rings. The molecule has 186 valence electrons. The Labute approximate surface area is 219 Å². The van der Waals surface area contributed by atoms with Gasteiger partial charge in [0, 0.05) is 23.1 Å². The summed E-state index contributed by atoms with van der Waals surface area (Å²) in [6.45, 7) is 3.26. The van der Waals surface area contributed by atoms with Crippen LogP contribution in [0.25, 0.3) is 5.76 Å². The average Bonchev–Trinajstić information content (AvgIpc) is 3.11. The van der Waals surface area contributed by atoms with E-state index in [1.807, 2.05) is 80.5 Å². The van der Waals surface area contributed by atoms with Crippen LogP contribution in [0.3, 0.4) is 0 Å². The Morgan fingerprint density at radius 2 is 1.78 bits per heavy atom. The number of hydrogen-bond donors (Lipinski definition) is 1. The molecule has 0 aromatic heterocycles. The molecule has 0 radical (unpaired) electrons. The third-order valence-electron chi connectivity index (χ3n) is 6.18. The van der Waals surface area contributed by atoms with Crippen molar-refractivity contribution in [3.05, 3.63) is 105 Å². The first kappa shape index (κ1) is 25.7. The largest absolute Gasteiger partial charge is 0.507 e. The Kier molecular flexibility index (Phi) is 7.91. The van der Waals surface area contributed by atoms with Gasteiger partial charge >= 0.3 is 0 Å². The highest BCUT2D eigenvalue weighted by Gasteiger charge is 2.45. The number of likely N-dealkylation sites (tertiary alicyclic amines) is 1. The molecule has 1 fully saturated rings. The summed E-state index contributed by atoms with van der Waals surface area (Å²) in [6.07, 6.45) is 0. The van der Waals surface area contributed by atoms with Crippen molar-refractivity contribution in [1.82, 2.24) is 9.80 Å². The quantitative estimate of drug-likeness (QED) is 0.234. The molecule has 1 aliphatic rings. The number of aliphatic hydroxyl groups excluding tert-OH is 1. The zero-order chi connectivity index (χ0) is 25.8. The Morgan fingerprint density at radius 1 is 1.03 bits per heavy atom. The minimum absolute atomic E-state index is 0.0919. The number of benzene rings is 3. The highest BCUT2D eigenvalue weighted by atomic mass is 79.9. The standard InChI is InChI=1S/C29H29BrN2O4/c1-19-16-22(12-13-24(19)36-18-20-8-5-4-6-9-20)27(33)25-26(21-10-7-11-23(30)17-21)32(15-14-31(2)3)29(35)28(25)34/h4-13,16-17,26,33H,14-15,18H2,1-3H3/b27-25+/t26-/m0/s1. The summed E-state index contributed by atoms with van der Waals surface area (Å²) >= 11 is 3.48. The molecule has 1 atom stereocenters. The van der Waals surface area contributed by atoms with Crippen molar-refractivity contribution in [1.29, 1.82) is 0 Å². The van der Waals surface area contributed by atoms with E-state index in [-0.39, 0.29) is 11.3 Å². The minimum Gasteiger partial charge on any atom is -0.507 e. The van der Waals surface area contributed by atoms with Crippen molar-refractivity contribution in [2.24, 2.45) is 0 Å². The first-order chi connectivity index (χ1) is 17.3. The minimum atomic E-state index is -0.684. The maximum absolute atomic E-state index is 13.2. The molecule has 0 spiro atoms. The molecule has 0 aliphatic carbocycles. The predicted octanol–water partition coefficient (Wildman–Crippen LogP) is 5.32. The average molecular weight is 549 g/mol. The maximum atomic E-state index is 13.2. The predicted molar refractivity (Wildman–Crippen MR) is 144 cm³/mol. The molecule has 3 aromatic carbocycles. The molecule has 7 heteroatoms. The highest BCUT2D eigenvalue weighted by molar-refractivity contribution is 9.10. The van der Waals surface area contributed by atoms with Crippen LogP contribution >= 0.6 is 15.9 Å². The van der Waals surface area contributed by atoms with Gasteiger partial charge in [0.25, 0.3) is 11.7 Å². The molecule has 1 N–H and O–H groups in total. The van der Waals surface area contributed by atoms with Crippen LogP contribution in [0, 0.1) is 6.92 Å². The number of carbonyl (C=O) groups is 2. The van der Waals surface area contributed by atoms with Gasteiger partial charge in [-0.25, -0.2) is 0 Å². The highest BCUT2D eigenvalue weighted by Crippen LogP contribution is 2.40. The molecular formula is C29H29BrN2O4. The normalized spacial score (nSPS) is 17.1. The number of halogens is 1. The van der Waals surface area contributed by atoms with Crippen LogP contribution in [0.2, 0.25) is 0 Å². The van der Waals surface area contributed by atoms with E-state index in [0.717, 1.165) is 21.2 Å². The van der Waals surface area contributed by atoms with E-state index in [2.05, 4.69) is 15.9 Å². The van der Waals surface area contributed by atoms with Crippen molar-refractivity contribution in [2.45, 2.75) is 19.6 Å². The van der Waals surface area contributed by atoms with Gasteiger partial charge in [0.15, 0.2) is 0 Å². The molecule has 36 heavy (non-hydrogen) atoms. The molecule has 4 rings (SSSR count). The van der Waals surface area contributed by atoms with E-state index in [4.69, 9.17) is 4.74 Å². The lowest BCUT2D eigenvalue weighted by Crippen LogP contribution is -2.35. The van der Waals surface area contributed by atoms with E-state index in [9.17, 15) is 14.7 Å². The van der Waals surface area contributed by atoms with Gasteiger partial charge in [-0.1, -0.05) is 58.4 Å². The number of ether oxygens (including phenoxy) is 1. The smallest absolute Gasteiger partial charge is 0.295 e. The molecule has 1 amide bonds. The second-order valence-corrected chi connectivity index (χ2v) is 10.0. The second-order valence-electron chi connectivity index (χ2n) is 9.11. The summed E-state index contributed by atoms with van der Waals surface area (Å²) in [5.41, 5.74) is 3.18. The van der Waals surface area contributed by atoms with E-state index in [1.165, 1.54) is 0 Å². The van der Waals surface area contributed by atoms with Crippen molar-refractivity contribution >= 4 is 33.4 Å². The van der Waals surface area contributed by atoms with Gasteiger partial charge in [-0.3, -0.25) is 9.59 Å². The third kappa shape index (κ3) is 5.53. The molecule has 0 bridgehead atoms. The summed E-state index contributed by atoms with van der Waals surface area (Å²) in [4.78, 5) is 29.7. The van der Waals surface area contributed by atoms with E-state index >= 15 is 0 Å². The van der Waals surface area contributed by atoms with Crippen molar-refractivity contribution in [2.75, 3.05) is 27.2 Å². The number of aliphatic hydroxyl groups is 1. The number of likely N-dealkylation sites (N-methyl/N-ethyl adjacent to an activating group) is 1. The number of hydrogen-bond acceptors (Lipinski definition) is 5. The topological polar surface area (TPSA) is 70.1 Å². The lowest BCUT2D eigenvalue weighted by atomic mass is 9.95. The van der Waals surface area contributed by atoms with Crippen molar-refractivity contribution in [3.8, 4) is 5.75 Å². The Morgan fingerprint density at radius 3 is 2.44 bits per heavy atom. The first-order valence-electron chi connectivity index (χ1n) is 11.7. The Bertz CT molecular complexity index is 1300. The van der Waals surface area contributed by atoms with Crippen LogP contribution in [0.4, 0.5) is 0 Å². The zero-order valence-electron chi connectivity index (χ0n) is 20.6. The molecule has 6 nitrogen and oxygen atoms in total. The summed E-state index contributed by atoms with van der Waals surface area (Å²) in [5.74, 6) is -0.796. The van der Waals surface area contributed by atoms with Crippen molar-refractivity contribution < 1.29 is 19.4 Å². The van der Waals surface area contributed by atoms with E-state index in [0.29, 0.717) is 31.0 Å². The van der Waals surface area contributed by atoms with Gasteiger partial charge in [-0.05, 0) is 68.0 Å². The van der Waals surface area contributed by atoms with Crippen LogP contribution in [0.15, 0.2) is 82.8 Å². The number of ketones is 1. The van der Waals surface area contributed by atoms with Gasteiger partial charge in [0.1, 0.15) is 18.1 Å². The number of rotatable bonds is 8. The number of aryl methyl sites for hydroxylation is 1. The van der Waals surface area contributed by atoms with Gasteiger partial charge in [0.05, 0.1) is 11.6 Å². The molecule has 1 aliphatic heterocycles. The van der Waals surface area contributed by atoms with Crippen LogP contribution in [-0.2, 0) is 16.2 Å². The van der Waals surface area contributed by atoms with Crippen LogP contribution in [0.5, 0.6) is 5.75 Å². The van der Waals surface area contributed by atoms with E-state index < -0.39 is 17.7 Å². The molecule has 1 saturated heterocycles. The zero-order valence-corrected chi connectivity index (χ0v) is 22.2. The fourth-order valence-corrected chi connectivity index (χ4v) is 4.71. The second kappa shape index (κ2) is 11.1. The summed E-state index contributed by atoms with van der Waals surface area (Å²) < 4.78 is 6.79. The fraction of sp³-hybridized carbons (Fsp3) is 0.241. The van der Waals surface area contributed by atoms with Crippen LogP contribution in [0.1, 0.15) is 28.3 Å². The summed E-state index contributed by atoms with van der Waals surface area (Å²) in [5, 5.41) is 11.3.